The molecule has 1 aromatic carbocycles. The molecular formula is C19H27NO4. The summed E-state index contributed by atoms with van der Waals surface area (Å²) in [7, 11) is 0. The Labute approximate surface area is 143 Å². The number of fused-ring (bicyclic) bond motifs is 1. The third-order valence-electron chi connectivity index (χ3n) is 5.35. The summed E-state index contributed by atoms with van der Waals surface area (Å²) in [5.41, 5.74) is 2.04. The average Bonchev–Trinajstić information content (AvgIpc) is 2.57. The van der Waals surface area contributed by atoms with E-state index in [1.165, 1.54) is 5.56 Å². The summed E-state index contributed by atoms with van der Waals surface area (Å²) in [6.45, 7) is 4.71. The molecule has 1 aliphatic heterocycles. The highest BCUT2D eigenvalue weighted by Crippen LogP contribution is 2.35. The van der Waals surface area contributed by atoms with Gasteiger partial charge >= 0.3 is 5.97 Å². The van der Waals surface area contributed by atoms with E-state index in [-0.39, 0.29) is 18.0 Å². The summed E-state index contributed by atoms with van der Waals surface area (Å²) in [6.07, 6.45) is 2.47. The predicted molar refractivity (Wildman–Crippen MR) is 91.3 cm³/mol. The third kappa shape index (κ3) is 3.57. The van der Waals surface area contributed by atoms with Crippen LogP contribution in [0.15, 0.2) is 18.2 Å². The maximum absolute atomic E-state index is 11.0. The van der Waals surface area contributed by atoms with Crippen LogP contribution < -0.4 is 10.1 Å². The Morgan fingerprint density at radius 1 is 1.25 bits per heavy atom. The number of ether oxygens (including phenoxy) is 1. The maximum Gasteiger partial charge on any atom is 0.306 e. The Hall–Kier alpha value is -1.59. The van der Waals surface area contributed by atoms with E-state index in [4.69, 9.17) is 9.84 Å². The van der Waals surface area contributed by atoms with E-state index in [2.05, 4.69) is 25.2 Å². The molecule has 2 aliphatic rings. The van der Waals surface area contributed by atoms with Gasteiger partial charge in [-0.25, -0.2) is 0 Å². The number of aliphatic carboxylic acids is 1. The molecule has 3 N–H and O–H groups in total. The molecule has 3 rings (SSSR count). The molecule has 0 bridgehead atoms. The first-order chi connectivity index (χ1) is 11.5. The van der Waals surface area contributed by atoms with Crippen LogP contribution in [0.3, 0.4) is 0 Å². The summed E-state index contributed by atoms with van der Waals surface area (Å²) in [4.78, 5) is 11.0. The van der Waals surface area contributed by atoms with E-state index >= 15 is 0 Å². The predicted octanol–water partition coefficient (Wildman–Crippen LogP) is 2.84. The number of rotatable bonds is 4. The fourth-order valence-electron chi connectivity index (χ4n) is 3.72. The molecule has 0 aromatic heterocycles. The van der Waals surface area contributed by atoms with Crippen LogP contribution in [0.25, 0.3) is 0 Å². The van der Waals surface area contributed by atoms with Crippen molar-refractivity contribution in [3.8, 4) is 5.75 Å². The Morgan fingerprint density at radius 3 is 2.58 bits per heavy atom. The van der Waals surface area contributed by atoms with Crippen LogP contribution in [-0.4, -0.2) is 34.9 Å². The van der Waals surface area contributed by atoms with Crippen molar-refractivity contribution in [3.05, 3.63) is 29.3 Å². The lowest BCUT2D eigenvalue weighted by molar-refractivity contribution is -0.142. The number of aliphatic hydroxyl groups is 1. The van der Waals surface area contributed by atoms with Gasteiger partial charge < -0.3 is 20.3 Å². The smallest absolute Gasteiger partial charge is 0.306 e. The summed E-state index contributed by atoms with van der Waals surface area (Å²) < 4.78 is 5.88. The van der Waals surface area contributed by atoms with Crippen molar-refractivity contribution < 1.29 is 19.7 Å². The summed E-state index contributed by atoms with van der Waals surface area (Å²) >= 11 is 0. The van der Waals surface area contributed by atoms with Gasteiger partial charge in [-0.15, -0.1) is 0 Å². The standard InChI is InChI=1S/C19H27NO4/c1-11(2)13-5-8-15-17(9-13)24-10-16(18(15)21)20-14-6-3-12(4-7-14)19(22)23/h5,8-9,11-12,14,16,18,20-21H,3-4,6-7,10H2,1-2H3,(H,22,23)/t12?,14?,16-,18+/m1/s1. The van der Waals surface area contributed by atoms with Crippen molar-refractivity contribution in [3.63, 3.8) is 0 Å². The monoisotopic (exact) mass is 333 g/mol. The lowest BCUT2D eigenvalue weighted by atomic mass is 9.85. The average molecular weight is 333 g/mol. The number of carboxylic acids is 1. The summed E-state index contributed by atoms with van der Waals surface area (Å²) in [6, 6.07) is 6.15. The van der Waals surface area contributed by atoms with Crippen molar-refractivity contribution in [2.24, 2.45) is 5.92 Å². The molecule has 0 amide bonds. The lowest BCUT2D eigenvalue weighted by Gasteiger charge is -2.36. The van der Waals surface area contributed by atoms with Crippen LogP contribution in [0.4, 0.5) is 0 Å². The van der Waals surface area contributed by atoms with Crippen LogP contribution in [-0.2, 0) is 4.79 Å². The summed E-state index contributed by atoms with van der Waals surface area (Å²) in [5.74, 6) is 0.299. The van der Waals surface area contributed by atoms with Gasteiger partial charge in [-0.1, -0.05) is 26.0 Å². The highest BCUT2D eigenvalue weighted by atomic mass is 16.5. The third-order valence-corrected chi connectivity index (χ3v) is 5.35. The molecule has 132 valence electrons. The molecule has 0 radical (unpaired) electrons. The second-order valence-corrected chi connectivity index (χ2v) is 7.37. The van der Waals surface area contributed by atoms with Gasteiger partial charge in [0.1, 0.15) is 18.5 Å². The Bertz CT molecular complexity index is 593. The van der Waals surface area contributed by atoms with Crippen LogP contribution in [0.2, 0.25) is 0 Å². The Morgan fingerprint density at radius 2 is 1.96 bits per heavy atom. The molecule has 5 heteroatoms. The molecule has 0 spiro atoms. The number of carbonyl (C=O) groups is 1. The van der Waals surface area contributed by atoms with E-state index in [9.17, 15) is 9.90 Å². The first kappa shape index (κ1) is 17.2. The van der Waals surface area contributed by atoms with Gasteiger partial charge in [0.25, 0.3) is 0 Å². The maximum atomic E-state index is 11.0. The topological polar surface area (TPSA) is 78.8 Å². The molecule has 1 fully saturated rings. The summed E-state index contributed by atoms with van der Waals surface area (Å²) in [5, 5.41) is 23.2. The van der Waals surface area contributed by atoms with E-state index in [1.807, 2.05) is 12.1 Å². The molecule has 1 heterocycles. The minimum Gasteiger partial charge on any atom is -0.491 e. The van der Waals surface area contributed by atoms with Crippen molar-refractivity contribution >= 4 is 5.97 Å². The van der Waals surface area contributed by atoms with Gasteiger partial charge in [0.05, 0.1) is 12.0 Å². The zero-order chi connectivity index (χ0) is 17.3. The van der Waals surface area contributed by atoms with Crippen LogP contribution in [0.1, 0.15) is 62.7 Å². The number of nitrogens with one attached hydrogen (secondary N) is 1. The van der Waals surface area contributed by atoms with Gasteiger partial charge in [-0.2, -0.15) is 0 Å². The number of hydrogen-bond acceptors (Lipinski definition) is 4. The highest BCUT2D eigenvalue weighted by Gasteiger charge is 2.33. The normalized spacial score (nSPS) is 29.8. The van der Waals surface area contributed by atoms with Crippen molar-refractivity contribution in [1.29, 1.82) is 0 Å². The second kappa shape index (κ2) is 7.11. The molecule has 0 unspecified atom stereocenters. The molecule has 1 saturated carbocycles. The highest BCUT2D eigenvalue weighted by molar-refractivity contribution is 5.70. The zero-order valence-corrected chi connectivity index (χ0v) is 14.4. The number of benzene rings is 1. The molecular weight excluding hydrogens is 306 g/mol. The zero-order valence-electron chi connectivity index (χ0n) is 14.4. The van der Waals surface area contributed by atoms with Crippen molar-refractivity contribution in [2.75, 3.05) is 6.61 Å². The molecule has 24 heavy (non-hydrogen) atoms. The molecule has 1 aromatic rings. The molecule has 1 aliphatic carbocycles. The Balaban J connectivity index is 1.62. The first-order valence-electron chi connectivity index (χ1n) is 8.89. The number of aliphatic hydroxyl groups excluding tert-OH is 1. The van der Waals surface area contributed by atoms with Gasteiger partial charge in [0.15, 0.2) is 0 Å². The minimum atomic E-state index is -0.690. The number of carboxylic acid groups (broad SMARTS) is 1. The lowest BCUT2D eigenvalue weighted by Crippen LogP contribution is -2.48. The molecule has 2 atom stereocenters. The van der Waals surface area contributed by atoms with Crippen LogP contribution in [0.5, 0.6) is 5.75 Å². The quantitative estimate of drug-likeness (QED) is 0.790. The van der Waals surface area contributed by atoms with E-state index < -0.39 is 12.1 Å². The largest absolute Gasteiger partial charge is 0.491 e. The SMILES string of the molecule is CC(C)c1ccc2c(c1)OC[C@@H](NC1CCC(C(=O)O)CC1)[C@H]2O. The van der Waals surface area contributed by atoms with Crippen LogP contribution >= 0.6 is 0 Å². The number of hydrogen-bond donors (Lipinski definition) is 3. The fraction of sp³-hybridized carbons (Fsp3) is 0.632. The van der Waals surface area contributed by atoms with E-state index in [0.717, 1.165) is 24.2 Å². The van der Waals surface area contributed by atoms with Crippen molar-refractivity contribution in [1.82, 2.24) is 5.32 Å². The van der Waals surface area contributed by atoms with Gasteiger partial charge in [-0.3, -0.25) is 4.79 Å². The van der Waals surface area contributed by atoms with Crippen LogP contribution in [0, 0.1) is 5.92 Å². The fourth-order valence-corrected chi connectivity index (χ4v) is 3.72. The molecule has 5 nitrogen and oxygen atoms in total. The Kier molecular flexibility index (Phi) is 5.11. The van der Waals surface area contributed by atoms with E-state index in [0.29, 0.717) is 25.4 Å². The first-order valence-corrected chi connectivity index (χ1v) is 8.89. The molecule has 0 saturated heterocycles. The van der Waals surface area contributed by atoms with E-state index in [1.54, 1.807) is 0 Å². The van der Waals surface area contributed by atoms with Gasteiger partial charge in [0.2, 0.25) is 0 Å². The second-order valence-electron chi connectivity index (χ2n) is 7.37. The minimum absolute atomic E-state index is 0.145. The van der Waals surface area contributed by atoms with Crippen molar-refractivity contribution in [2.45, 2.75) is 63.6 Å². The van der Waals surface area contributed by atoms with Gasteiger partial charge in [0, 0.05) is 11.6 Å². The van der Waals surface area contributed by atoms with Gasteiger partial charge in [-0.05, 0) is 43.2 Å².